The third-order valence-electron chi connectivity index (χ3n) is 9.12. The van der Waals surface area contributed by atoms with Crippen molar-refractivity contribution in [1.82, 2.24) is 0 Å². The molecule has 8 atom stereocenters. The van der Waals surface area contributed by atoms with Gasteiger partial charge in [-0.05, 0) is 63.5 Å². The van der Waals surface area contributed by atoms with Gasteiger partial charge in [0.15, 0.2) is 17.2 Å². The van der Waals surface area contributed by atoms with Gasteiger partial charge >= 0.3 is 5.97 Å². The van der Waals surface area contributed by atoms with E-state index in [0.29, 0.717) is 25.7 Å². The van der Waals surface area contributed by atoms with Crippen LogP contribution in [0.15, 0.2) is 23.8 Å². The second-order valence-electron chi connectivity index (χ2n) is 10.9. The summed E-state index contributed by atoms with van der Waals surface area (Å²) in [6, 6.07) is 0. The van der Waals surface area contributed by atoms with Crippen molar-refractivity contribution in [2.45, 2.75) is 81.1 Å². The van der Waals surface area contributed by atoms with E-state index >= 15 is 0 Å². The number of carboxylic acids is 1. The Labute approximate surface area is 197 Å². The Morgan fingerprint density at radius 2 is 1.88 bits per heavy atom. The first-order valence-corrected chi connectivity index (χ1v) is 12.0. The van der Waals surface area contributed by atoms with Crippen LogP contribution in [0.1, 0.15) is 53.4 Å². The number of fused-ring (bicyclic) bond motifs is 7. The van der Waals surface area contributed by atoms with E-state index in [9.17, 15) is 19.5 Å². The number of carbonyl (C=O) groups is 3. The molecule has 0 aromatic rings. The minimum absolute atomic E-state index is 0.0478. The minimum Gasteiger partial charge on any atom is -0.475 e. The molecule has 6 nitrogen and oxygen atoms in total. The number of hydrogen-bond donors (Lipinski definition) is 1. The van der Waals surface area contributed by atoms with E-state index in [1.165, 1.54) is 0 Å². The van der Waals surface area contributed by atoms with Crippen molar-refractivity contribution in [3.8, 4) is 0 Å². The first-order chi connectivity index (χ1) is 14.7. The van der Waals surface area contributed by atoms with Crippen LogP contribution in [0.5, 0.6) is 0 Å². The van der Waals surface area contributed by atoms with Crippen LogP contribution in [0.4, 0.5) is 0 Å². The molecule has 5 rings (SSSR count). The van der Waals surface area contributed by atoms with Gasteiger partial charge in [-0.25, -0.2) is 4.79 Å². The molecule has 0 aromatic carbocycles. The maximum absolute atomic E-state index is 13.2. The lowest BCUT2D eigenvalue weighted by Gasteiger charge is -2.64. The van der Waals surface area contributed by atoms with Crippen LogP contribution in [-0.2, 0) is 23.9 Å². The molecular formula is C24H28Cl2O6. The number of ether oxygens (including phenoxy) is 2. The fourth-order valence-corrected chi connectivity index (χ4v) is 9.03. The number of Topliss-reactive ketones (excluding diaryl/α,β-unsaturated/α-hetero) is 1. The summed E-state index contributed by atoms with van der Waals surface area (Å²) in [7, 11) is 0. The van der Waals surface area contributed by atoms with Crippen molar-refractivity contribution >= 4 is 40.7 Å². The standard InChI is InChI=1S/C24H28Cl2O6/c1-20(2)31-17-10-15-14-6-5-12-9-13(27)7-8-21(12,3)23(14,26)16(25)11-22(15,4)24(17,32-20)18(28)19(29)30/h7-9,14-17H,5-6,10-11H2,1-4H3,(H,29,30)/t14-,15-,16-,17+,21-,22-,23-,24-/m0/s1. The van der Waals surface area contributed by atoms with Crippen molar-refractivity contribution in [3.05, 3.63) is 23.8 Å². The van der Waals surface area contributed by atoms with Gasteiger partial charge in [-0.1, -0.05) is 25.5 Å². The molecule has 5 aliphatic rings. The van der Waals surface area contributed by atoms with E-state index in [4.69, 9.17) is 32.7 Å². The third-order valence-corrected chi connectivity index (χ3v) is 10.7. The number of aliphatic carboxylic acids is 1. The van der Waals surface area contributed by atoms with Gasteiger partial charge in [-0.2, -0.15) is 0 Å². The van der Waals surface area contributed by atoms with Gasteiger partial charge in [0.25, 0.3) is 5.78 Å². The number of alkyl halides is 2. The molecule has 4 aliphatic carbocycles. The Morgan fingerprint density at radius 1 is 1.19 bits per heavy atom. The molecule has 3 saturated carbocycles. The maximum atomic E-state index is 13.2. The molecule has 1 saturated heterocycles. The zero-order valence-corrected chi connectivity index (χ0v) is 20.1. The number of hydrogen-bond acceptors (Lipinski definition) is 5. The average Bonchev–Trinajstić information content (AvgIpc) is 3.09. The normalized spacial score (nSPS) is 50.7. The first kappa shape index (κ1) is 22.6. The van der Waals surface area contributed by atoms with E-state index in [1.54, 1.807) is 26.0 Å². The summed E-state index contributed by atoms with van der Waals surface area (Å²) in [5.74, 6) is -3.86. The Kier molecular flexibility index (Phi) is 4.56. The molecule has 1 aliphatic heterocycles. The van der Waals surface area contributed by atoms with E-state index in [0.717, 1.165) is 5.57 Å². The second kappa shape index (κ2) is 6.47. The lowest BCUT2D eigenvalue weighted by atomic mass is 9.46. The molecule has 4 fully saturated rings. The number of carbonyl (C=O) groups excluding carboxylic acids is 2. The molecule has 0 aromatic heterocycles. The van der Waals surface area contributed by atoms with Gasteiger partial charge < -0.3 is 14.6 Å². The van der Waals surface area contributed by atoms with Gasteiger partial charge in [0.1, 0.15) is 0 Å². The molecule has 174 valence electrons. The fourth-order valence-electron chi connectivity index (χ4n) is 7.80. The molecule has 0 unspecified atom stereocenters. The van der Waals surface area contributed by atoms with Crippen LogP contribution >= 0.6 is 23.2 Å². The Balaban J connectivity index is 1.65. The van der Waals surface area contributed by atoms with Crippen LogP contribution in [0.2, 0.25) is 0 Å². The van der Waals surface area contributed by atoms with Crippen LogP contribution in [0.25, 0.3) is 0 Å². The highest BCUT2D eigenvalue weighted by atomic mass is 35.5. The molecule has 1 N–H and O–H groups in total. The first-order valence-electron chi connectivity index (χ1n) is 11.2. The van der Waals surface area contributed by atoms with Crippen LogP contribution in [-0.4, -0.2) is 50.4 Å². The quantitative estimate of drug-likeness (QED) is 0.471. The summed E-state index contributed by atoms with van der Waals surface area (Å²) in [5.41, 5.74) is -2.11. The molecule has 0 spiro atoms. The number of ketones is 2. The Bertz CT molecular complexity index is 1000. The van der Waals surface area contributed by atoms with Crippen molar-refractivity contribution in [1.29, 1.82) is 0 Å². The largest absolute Gasteiger partial charge is 0.475 e. The maximum Gasteiger partial charge on any atom is 0.375 e. The Hall–Kier alpha value is -1.21. The number of allylic oxidation sites excluding steroid dienone is 4. The van der Waals surface area contributed by atoms with Gasteiger partial charge in [-0.15, -0.1) is 23.2 Å². The van der Waals surface area contributed by atoms with Gasteiger partial charge in [-0.3, -0.25) is 9.59 Å². The van der Waals surface area contributed by atoms with Crippen molar-refractivity contribution in [3.63, 3.8) is 0 Å². The summed E-state index contributed by atoms with van der Waals surface area (Å²) in [4.78, 5) is 36.3. The monoisotopic (exact) mass is 482 g/mol. The molecule has 0 amide bonds. The molecular weight excluding hydrogens is 455 g/mol. The highest BCUT2D eigenvalue weighted by molar-refractivity contribution is 6.37. The molecule has 0 bridgehead atoms. The van der Waals surface area contributed by atoms with Crippen molar-refractivity contribution in [2.75, 3.05) is 0 Å². The lowest BCUT2D eigenvalue weighted by Crippen LogP contribution is -2.68. The summed E-state index contributed by atoms with van der Waals surface area (Å²) >= 11 is 14.6. The van der Waals surface area contributed by atoms with E-state index in [-0.39, 0.29) is 17.6 Å². The fraction of sp³-hybridized carbons (Fsp3) is 0.708. The molecule has 32 heavy (non-hydrogen) atoms. The average molecular weight is 483 g/mol. The second-order valence-corrected chi connectivity index (χ2v) is 12.1. The highest BCUT2D eigenvalue weighted by Gasteiger charge is 2.80. The predicted octanol–water partition coefficient (Wildman–Crippen LogP) is 4.03. The summed E-state index contributed by atoms with van der Waals surface area (Å²) in [6.45, 7) is 7.36. The van der Waals surface area contributed by atoms with Gasteiger partial charge in [0.05, 0.1) is 16.4 Å². The van der Waals surface area contributed by atoms with Crippen LogP contribution in [0.3, 0.4) is 0 Å². The zero-order valence-electron chi connectivity index (χ0n) is 18.6. The summed E-state index contributed by atoms with van der Waals surface area (Å²) in [6.07, 6.45) is 6.59. The number of halogens is 2. The smallest absolute Gasteiger partial charge is 0.375 e. The summed E-state index contributed by atoms with van der Waals surface area (Å²) in [5, 5.41) is 9.16. The van der Waals surface area contributed by atoms with E-state index in [2.05, 4.69) is 0 Å². The third kappa shape index (κ3) is 2.42. The number of carboxylic acid groups (broad SMARTS) is 1. The van der Waals surface area contributed by atoms with Crippen LogP contribution < -0.4 is 0 Å². The lowest BCUT2D eigenvalue weighted by molar-refractivity contribution is -0.213. The van der Waals surface area contributed by atoms with Crippen molar-refractivity contribution in [2.24, 2.45) is 22.7 Å². The van der Waals surface area contributed by atoms with Gasteiger partial charge in [0, 0.05) is 10.8 Å². The highest BCUT2D eigenvalue weighted by Crippen LogP contribution is 2.73. The minimum atomic E-state index is -1.62. The zero-order chi connectivity index (χ0) is 23.5. The van der Waals surface area contributed by atoms with Crippen molar-refractivity contribution < 1.29 is 29.0 Å². The van der Waals surface area contributed by atoms with E-state index in [1.807, 2.05) is 19.9 Å². The Morgan fingerprint density at radius 3 is 2.53 bits per heavy atom. The number of rotatable bonds is 2. The van der Waals surface area contributed by atoms with E-state index < -0.39 is 50.3 Å². The molecule has 8 heteroatoms. The summed E-state index contributed by atoms with van der Waals surface area (Å²) < 4.78 is 12.4. The van der Waals surface area contributed by atoms with Crippen LogP contribution in [0, 0.1) is 22.7 Å². The SMILES string of the molecule is CC1(C)O[C@@H]2C[C@H]3[C@@H]4CCC5=CC(=O)C=C[C@]5(C)[C@@]4(Cl)[C@@H](Cl)C[C@]3(C)[C@]2(C(=O)C(=O)O)O1. The topological polar surface area (TPSA) is 89.9 Å². The molecule has 0 radical (unpaired) electrons. The molecule has 1 heterocycles. The van der Waals surface area contributed by atoms with Gasteiger partial charge in [0.2, 0.25) is 0 Å². The predicted molar refractivity (Wildman–Crippen MR) is 118 cm³/mol.